The predicted octanol–water partition coefficient (Wildman–Crippen LogP) is 5.34. The minimum atomic E-state index is -4.43. The van der Waals surface area contributed by atoms with Crippen LogP contribution in [0.5, 0.6) is 34.5 Å². The average Bonchev–Trinajstić information content (AvgIpc) is 2.98. The van der Waals surface area contributed by atoms with E-state index in [1.54, 1.807) is 26.4 Å². The first kappa shape index (κ1) is 29.4. The molecule has 41 heavy (non-hydrogen) atoms. The van der Waals surface area contributed by atoms with E-state index in [0.29, 0.717) is 52.9 Å². The lowest BCUT2D eigenvalue weighted by molar-refractivity contribution is -0.137. The summed E-state index contributed by atoms with van der Waals surface area (Å²) < 4.78 is 71.9. The van der Waals surface area contributed by atoms with E-state index in [2.05, 4.69) is 10.5 Å². The first-order valence-corrected chi connectivity index (χ1v) is 12.5. The molecule has 0 aliphatic carbocycles. The minimum absolute atomic E-state index is 0.320. The van der Waals surface area contributed by atoms with Crippen molar-refractivity contribution in [2.75, 3.05) is 35.0 Å². The van der Waals surface area contributed by atoms with E-state index in [-0.39, 0.29) is 12.7 Å². The Morgan fingerprint density at radius 1 is 0.976 bits per heavy atom. The van der Waals surface area contributed by atoms with E-state index in [0.717, 1.165) is 23.3 Å². The number of nitrogens with one attached hydrogen (secondary N) is 1. The van der Waals surface area contributed by atoms with E-state index < -0.39 is 17.6 Å². The number of rotatable bonds is 10. The van der Waals surface area contributed by atoms with Crippen molar-refractivity contribution < 1.29 is 46.4 Å². The maximum absolute atomic E-state index is 12.7. The number of fused-ring (bicyclic) bond motifs is 1. The van der Waals surface area contributed by atoms with E-state index in [1.165, 1.54) is 32.6 Å². The van der Waals surface area contributed by atoms with Gasteiger partial charge >= 0.3 is 6.18 Å². The molecule has 4 rings (SSSR count). The molecular formula is C29H29F3N2O7. The van der Waals surface area contributed by atoms with Crippen molar-refractivity contribution in [1.82, 2.24) is 5.43 Å². The van der Waals surface area contributed by atoms with Crippen LogP contribution in [0.1, 0.15) is 34.8 Å². The Labute approximate surface area is 234 Å². The summed E-state index contributed by atoms with van der Waals surface area (Å²) in [7, 11) is 6.16. The van der Waals surface area contributed by atoms with Gasteiger partial charge in [-0.05, 0) is 48.2 Å². The predicted molar refractivity (Wildman–Crippen MR) is 143 cm³/mol. The quantitative estimate of drug-likeness (QED) is 0.258. The summed E-state index contributed by atoms with van der Waals surface area (Å²) in [4.78, 5) is 12.3. The summed E-state index contributed by atoms with van der Waals surface area (Å²) in [5.41, 5.74) is 3.60. The van der Waals surface area contributed by atoms with E-state index in [1.807, 2.05) is 12.1 Å². The summed E-state index contributed by atoms with van der Waals surface area (Å²) in [6.07, 6.45) is -2.18. The average molecular weight is 575 g/mol. The second-order valence-corrected chi connectivity index (χ2v) is 8.91. The smallest absolute Gasteiger partial charge is 0.416 e. The molecule has 1 amide bonds. The number of benzene rings is 3. The largest absolute Gasteiger partial charge is 0.496 e. The molecule has 0 bridgehead atoms. The standard InChI is InChI=1S/C29H29F3N2O7/c1-36-23-13-20(40-16-27(35)34-33-15-17-5-7-19(8-6-17)29(30,31)32)14-24-21(23)9-10-22(41-24)18-11-25(37-2)28(39-4)26(12-18)38-3/h5-8,11-15,22H,9-10,16H2,1-4H3,(H,34,35)/b33-15+. The molecule has 218 valence electrons. The van der Waals surface area contributed by atoms with Crippen LogP contribution >= 0.6 is 0 Å². The van der Waals surface area contributed by atoms with Crippen LogP contribution in [0.25, 0.3) is 0 Å². The van der Waals surface area contributed by atoms with Crippen molar-refractivity contribution in [3.8, 4) is 34.5 Å². The number of carbonyl (C=O) groups excluding carboxylic acids is 1. The summed E-state index contributed by atoms with van der Waals surface area (Å²) in [5, 5.41) is 3.77. The zero-order valence-electron chi connectivity index (χ0n) is 22.8. The van der Waals surface area contributed by atoms with Crippen LogP contribution in [0.4, 0.5) is 13.2 Å². The molecule has 1 heterocycles. The molecule has 3 aromatic rings. The van der Waals surface area contributed by atoms with Crippen LogP contribution in [-0.4, -0.2) is 47.2 Å². The Morgan fingerprint density at radius 3 is 2.22 bits per heavy atom. The number of carbonyl (C=O) groups is 1. The summed E-state index contributed by atoms with van der Waals surface area (Å²) >= 11 is 0. The Hall–Kier alpha value is -4.61. The highest BCUT2D eigenvalue weighted by atomic mass is 19.4. The normalized spacial score (nSPS) is 14.6. The first-order chi connectivity index (χ1) is 19.7. The SMILES string of the molecule is COc1cc(OCC(=O)N/N=C/c2ccc(C(F)(F)F)cc2)cc2c1CCC(c1cc(OC)c(OC)c(OC)c1)O2. The molecule has 12 heteroatoms. The van der Waals surface area contributed by atoms with Gasteiger partial charge < -0.3 is 28.4 Å². The zero-order valence-corrected chi connectivity index (χ0v) is 22.8. The molecule has 0 saturated carbocycles. The third kappa shape index (κ3) is 6.94. The maximum Gasteiger partial charge on any atom is 0.416 e. The van der Waals surface area contributed by atoms with Crippen LogP contribution in [0.3, 0.4) is 0 Å². The maximum atomic E-state index is 12.7. The van der Waals surface area contributed by atoms with E-state index >= 15 is 0 Å². The number of hydrogen-bond donors (Lipinski definition) is 1. The van der Waals surface area contributed by atoms with Gasteiger partial charge in [0.05, 0.1) is 40.2 Å². The third-order valence-electron chi connectivity index (χ3n) is 6.36. The monoisotopic (exact) mass is 574 g/mol. The molecule has 1 aliphatic heterocycles. The van der Waals surface area contributed by atoms with Gasteiger partial charge in [0.2, 0.25) is 5.75 Å². The fraction of sp³-hybridized carbons (Fsp3) is 0.310. The molecule has 1 aliphatic rings. The molecule has 9 nitrogen and oxygen atoms in total. The number of amides is 1. The van der Waals surface area contributed by atoms with Crippen molar-refractivity contribution >= 4 is 12.1 Å². The van der Waals surface area contributed by atoms with Crippen LogP contribution < -0.4 is 33.8 Å². The molecule has 0 radical (unpaired) electrons. The second-order valence-electron chi connectivity index (χ2n) is 8.91. The molecule has 1 atom stereocenters. The number of hydrazone groups is 1. The number of methoxy groups -OCH3 is 4. The van der Waals surface area contributed by atoms with Crippen molar-refractivity contribution in [2.45, 2.75) is 25.1 Å². The highest BCUT2D eigenvalue weighted by molar-refractivity contribution is 5.83. The molecule has 0 spiro atoms. The summed E-state index contributed by atoms with van der Waals surface area (Å²) in [6.45, 7) is -0.372. The molecule has 0 aromatic heterocycles. The summed E-state index contributed by atoms with van der Waals surface area (Å²) in [5.74, 6) is 2.38. The second kappa shape index (κ2) is 12.7. The number of halogens is 3. The van der Waals surface area contributed by atoms with Gasteiger partial charge in [-0.1, -0.05) is 12.1 Å². The van der Waals surface area contributed by atoms with Crippen molar-refractivity contribution in [3.63, 3.8) is 0 Å². The van der Waals surface area contributed by atoms with Gasteiger partial charge in [0.1, 0.15) is 23.4 Å². The molecule has 0 fully saturated rings. The minimum Gasteiger partial charge on any atom is -0.496 e. The molecule has 1 unspecified atom stereocenters. The van der Waals surface area contributed by atoms with Gasteiger partial charge in [0, 0.05) is 17.7 Å². The zero-order chi connectivity index (χ0) is 29.6. The molecular weight excluding hydrogens is 545 g/mol. The van der Waals surface area contributed by atoms with Gasteiger partial charge in [-0.3, -0.25) is 4.79 Å². The lowest BCUT2D eigenvalue weighted by atomic mass is 9.96. The van der Waals surface area contributed by atoms with E-state index in [4.69, 9.17) is 28.4 Å². The van der Waals surface area contributed by atoms with Crippen molar-refractivity contribution in [2.24, 2.45) is 5.10 Å². The lowest BCUT2D eigenvalue weighted by Crippen LogP contribution is -2.24. The number of alkyl halides is 3. The Kier molecular flexibility index (Phi) is 9.10. The lowest BCUT2D eigenvalue weighted by Gasteiger charge is -2.29. The van der Waals surface area contributed by atoms with Gasteiger partial charge in [0.15, 0.2) is 18.1 Å². The summed E-state index contributed by atoms with van der Waals surface area (Å²) in [6, 6.07) is 11.4. The Bertz CT molecular complexity index is 1380. The fourth-order valence-electron chi connectivity index (χ4n) is 4.34. The Morgan fingerprint density at radius 2 is 1.63 bits per heavy atom. The van der Waals surface area contributed by atoms with Gasteiger partial charge in [-0.2, -0.15) is 18.3 Å². The van der Waals surface area contributed by atoms with Gasteiger partial charge in [-0.15, -0.1) is 0 Å². The highest BCUT2D eigenvalue weighted by Crippen LogP contribution is 2.45. The van der Waals surface area contributed by atoms with Gasteiger partial charge in [-0.25, -0.2) is 5.43 Å². The molecule has 1 N–H and O–H groups in total. The van der Waals surface area contributed by atoms with Crippen LogP contribution in [-0.2, 0) is 17.4 Å². The number of hydrogen-bond acceptors (Lipinski definition) is 8. The van der Waals surface area contributed by atoms with Crippen molar-refractivity contribution in [1.29, 1.82) is 0 Å². The van der Waals surface area contributed by atoms with Crippen molar-refractivity contribution in [3.05, 3.63) is 70.8 Å². The van der Waals surface area contributed by atoms with Crippen LogP contribution in [0.2, 0.25) is 0 Å². The van der Waals surface area contributed by atoms with Crippen LogP contribution in [0, 0.1) is 0 Å². The molecule has 3 aromatic carbocycles. The molecule has 0 saturated heterocycles. The topological polar surface area (TPSA) is 96.8 Å². The fourth-order valence-corrected chi connectivity index (χ4v) is 4.34. The van der Waals surface area contributed by atoms with Crippen LogP contribution in [0.15, 0.2) is 53.6 Å². The van der Waals surface area contributed by atoms with E-state index in [9.17, 15) is 18.0 Å². The number of nitrogens with zero attached hydrogens (tertiary/aromatic N) is 1. The highest BCUT2D eigenvalue weighted by Gasteiger charge is 2.30. The Balaban J connectivity index is 1.42. The number of ether oxygens (including phenoxy) is 6. The third-order valence-corrected chi connectivity index (χ3v) is 6.36. The first-order valence-electron chi connectivity index (χ1n) is 12.5. The van der Waals surface area contributed by atoms with Gasteiger partial charge in [0.25, 0.3) is 5.91 Å².